The van der Waals surface area contributed by atoms with Crippen LogP contribution in [0.2, 0.25) is 0 Å². The van der Waals surface area contributed by atoms with Crippen LogP contribution in [0.3, 0.4) is 0 Å². The lowest BCUT2D eigenvalue weighted by molar-refractivity contribution is 0.496. The van der Waals surface area contributed by atoms with Gasteiger partial charge in [0.2, 0.25) is 0 Å². The van der Waals surface area contributed by atoms with Gasteiger partial charge in [0.1, 0.15) is 0 Å². The van der Waals surface area contributed by atoms with Gasteiger partial charge in [0, 0.05) is 24.8 Å². The number of sulfonamides is 1. The Morgan fingerprint density at radius 2 is 2.05 bits per heavy atom. The van der Waals surface area contributed by atoms with E-state index in [1.165, 1.54) is 12.5 Å². The van der Waals surface area contributed by atoms with Crippen LogP contribution in [0.4, 0.5) is 0 Å². The molecular formula is C11H23ClN4O2S. The average molecular weight is 311 g/mol. The molecule has 0 aliphatic carbocycles. The highest BCUT2D eigenvalue weighted by Gasteiger charge is 2.20. The fourth-order valence-electron chi connectivity index (χ4n) is 1.35. The SMILES string of the molecule is CC(C)Cn1cnc(S(=O)(=O)NCC(C)(C)N)c1.Cl. The molecule has 0 radical (unpaired) electrons. The van der Waals surface area contributed by atoms with Gasteiger partial charge >= 0.3 is 0 Å². The van der Waals surface area contributed by atoms with E-state index < -0.39 is 15.6 Å². The predicted molar refractivity (Wildman–Crippen MR) is 77.8 cm³/mol. The van der Waals surface area contributed by atoms with Crippen LogP contribution in [-0.4, -0.2) is 30.1 Å². The smallest absolute Gasteiger partial charge is 0.259 e. The molecule has 112 valence electrons. The van der Waals surface area contributed by atoms with Gasteiger partial charge in [-0.05, 0) is 19.8 Å². The van der Waals surface area contributed by atoms with Crippen LogP contribution in [0.15, 0.2) is 17.6 Å². The minimum absolute atomic E-state index is 0. The highest BCUT2D eigenvalue weighted by atomic mass is 35.5. The van der Waals surface area contributed by atoms with Gasteiger partial charge in [-0.3, -0.25) is 0 Å². The Morgan fingerprint density at radius 3 is 2.53 bits per heavy atom. The Labute approximate surface area is 121 Å². The van der Waals surface area contributed by atoms with Crippen LogP contribution in [0.1, 0.15) is 27.7 Å². The zero-order chi connectivity index (χ0) is 14.0. The zero-order valence-corrected chi connectivity index (χ0v) is 13.4. The number of nitrogens with one attached hydrogen (secondary N) is 1. The van der Waals surface area contributed by atoms with Gasteiger partial charge in [0.05, 0.1) is 6.33 Å². The summed E-state index contributed by atoms with van der Waals surface area (Å²) in [5, 5.41) is 0.0346. The third-order valence-corrected chi connectivity index (χ3v) is 3.46. The standard InChI is InChI=1S/C11H22N4O2S.ClH/c1-9(2)5-15-6-10(13-8-15)18(16,17)14-7-11(3,4)12;/h6,8-9,14H,5,7,12H2,1-4H3;1H. The number of hydrogen-bond acceptors (Lipinski definition) is 4. The molecule has 1 aromatic heterocycles. The van der Waals surface area contributed by atoms with Crippen molar-refractivity contribution in [3.8, 4) is 0 Å². The van der Waals surface area contributed by atoms with Gasteiger partial charge in [0.25, 0.3) is 10.0 Å². The molecule has 0 unspecified atom stereocenters. The van der Waals surface area contributed by atoms with Crippen molar-refractivity contribution in [1.82, 2.24) is 14.3 Å². The Kier molecular flexibility index (Phi) is 6.47. The number of nitrogens with zero attached hydrogens (tertiary/aromatic N) is 2. The lowest BCUT2D eigenvalue weighted by Gasteiger charge is -2.18. The lowest BCUT2D eigenvalue weighted by atomic mass is 10.1. The molecule has 0 bridgehead atoms. The fourth-order valence-corrected chi connectivity index (χ4v) is 2.52. The first-order valence-electron chi connectivity index (χ1n) is 5.90. The summed E-state index contributed by atoms with van der Waals surface area (Å²) in [5.74, 6) is 0.436. The van der Waals surface area contributed by atoms with Crippen LogP contribution < -0.4 is 10.5 Å². The average Bonchev–Trinajstić information content (AvgIpc) is 2.62. The van der Waals surface area contributed by atoms with E-state index >= 15 is 0 Å². The Bertz CT molecular complexity index is 491. The Hall–Kier alpha value is -0.630. The van der Waals surface area contributed by atoms with E-state index in [1.54, 1.807) is 18.4 Å². The third kappa shape index (κ3) is 6.38. The molecule has 0 aliphatic heterocycles. The minimum atomic E-state index is -3.57. The zero-order valence-electron chi connectivity index (χ0n) is 11.8. The molecule has 1 aromatic rings. The van der Waals surface area contributed by atoms with Crippen LogP contribution >= 0.6 is 12.4 Å². The summed E-state index contributed by atoms with van der Waals surface area (Å²) < 4.78 is 28.1. The van der Waals surface area contributed by atoms with Crippen LogP contribution in [0.25, 0.3) is 0 Å². The summed E-state index contributed by atoms with van der Waals surface area (Å²) in [6.07, 6.45) is 3.06. The van der Waals surface area contributed by atoms with Crippen molar-refractivity contribution in [2.75, 3.05) is 6.54 Å². The number of halogens is 1. The van der Waals surface area contributed by atoms with E-state index in [-0.39, 0.29) is 24.0 Å². The molecule has 6 nitrogen and oxygen atoms in total. The molecule has 1 heterocycles. The molecule has 19 heavy (non-hydrogen) atoms. The molecule has 0 amide bonds. The van der Waals surface area contributed by atoms with E-state index in [9.17, 15) is 8.42 Å². The first-order valence-corrected chi connectivity index (χ1v) is 7.39. The molecule has 0 saturated heterocycles. The molecule has 0 aliphatic rings. The van der Waals surface area contributed by atoms with E-state index in [1.807, 2.05) is 0 Å². The van der Waals surface area contributed by atoms with Gasteiger partial charge in [0.15, 0.2) is 5.03 Å². The molecule has 0 spiro atoms. The van der Waals surface area contributed by atoms with Crippen molar-refractivity contribution in [1.29, 1.82) is 0 Å². The highest BCUT2D eigenvalue weighted by molar-refractivity contribution is 7.89. The quantitative estimate of drug-likeness (QED) is 0.819. The first-order chi connectivity index (χ1) is 8.10. The van der Waals surface area contributed by atoms with Crippen molar-refractivity contribution in [2.45, 2.75) is 44.8 Å². The largest absolute Gasteiger partial charge is 0.336 e. The van der Waals surface area contributed by atoms with Crippen LogP contribution in [-0.2, 0) is 16.6 Å². The third-order valence-electron chi connectivity index (χ3n) is 2.18. The molecule has 0 fully saturated rings. The van der Waals surface area contributed by atoms with Crippen molar-refractivity contribution >= 4 is 22.4 Å². The second-order valence-electron chi connectivity index (χ2n) is 5.62. The second-order valence-corrected chi connectivity index (χ2v) is 7.33. The lowest BCUT2D eigenvalue weighted by Crippen LogP contribution is -2.45. The van der Waals surface area contributed by atoms with Gasteiger partial charge in [-0.15, -0.1) is 12.4 Å². The highest BCUT2D eigenvalue weighted by Crippen LogP contribution is 2.08. The van der Waals surface area contributed by atoms with Crippen molar-refractivity contribution in [3.63, 3.8) is 0 Å². The van der Waals surface area contributed by atoms with Crippen molar-refractivity contribution < 1.29 is 8.42 Å². The maximum absolute atomic E-state index is 11.9. The number of nitrogens with two attached hydrogens (primary N) is 1. The number of rotatable bonds is 6. The Balaban J connectivity index is 0.00000324. The summed E-state index contributed by atoms with van der Waals surface area (Å²) in [6, 6.07) is 0. The van der Waals surface area contributed by atoms with E-state index in [0.29, 0.717) is 5.92 Å². The molecule has 1 rings (SSSR count). The number of imidazole rings is 1. The summed E-state index contributed by atoms with van der Waals surface area (Å²) in [5.41, 5.74) is 5.15. The summed E-state index contributed by atoms with van der Waals surface area (Å²) in [7, 11) is -3.57. The normalized spacial score (nSPS) is 12.5. The van der Waals surface area contributed by atoms with Gasteiger partial charge in [-0.25, -0.2) is 18.1 Å². The van der Waals surface area contributed by atoms with E-state index in [0.717, 1.165) is 6.54 Å². The molecule has 0 atom stereocenters. The molecule has 3 N–H and O–H groups in total. The second kappa shape index (κ2) is 6.69. The molecular weight excluding hydrogens is 288 g/mol. The van der Waals surface area contributed by atoms with Crippen LogP contribution in [0.5, 0.6) is 0 Å². The van der Waals surface area contributed by atoms with Gasteiger partial charge in [-0.1, -0.05) is 13.8 Å². The maximum Gasteiger partial charge on any atom is 0.259 e. The number of aromatic nitrogens is 2. The molecule has 0 saturated carbocycles. The number of hydrogen-bond donors (Lipinski definition) is 2. The van der Waals surface area contributed by atoms with Crippen molar-refractivity contribution in [3.05, 3.63) is 12.5 Å². The first kappa shape index (κ1) is 18.4. The van der Waals surface area contributed by atoms with Gasteiger partial charge in [-0.2, -0.15) is 0 Å². The molecule has 0 aromatic carbocycles. The summed E-state index contributed by atoms with van der Waals surface area (Å²) in [4.78, 5) is 3.91. The predicted octanol–water partition coefficient (Wildman–Crippen LogP) is 0.976. The fraction of sp³-hybridized carbons (Fsp3) is 0.727. The van der Waals surface area contributed by atoms with Crippen molar-refractivity contribution in [2.24, 2.45) is 11.7 Å². The van der Waals surface area contributed by atoms with E-state index in [4.69, 9.17) is 5.73 Å². The molecule has 8 heteroatoms. The maximum atomic E-state index is 11.9. The summed E-state index contributed by atoms with van der Waals surface area (Å²) >= 11 is 0. The van der Waals surface area contributed by atoms with Gasteiger partial charge < -0.3 is 10.3 Å². The monoisotopic (exact) mass is 310 g/mol. The summed E-state index contributed by atoms with van der Waals surface area (Å²) in [6.45, 7) is 8.55. The Morgan fingerprint density at radius 1 is 1.47 bits per heavy atom. The van der Waals surface area contributed by atoms with E-state index in [2.05, 4.69) is 23.6 Å². The van der Waals surface area contributed by atoms with Crippen LogP contribution in [0, 0.1) is 5.92 Å². The topological polar surface area (TPSA) is 90.0 Å². The minimum Gasteiger partial charge on any atom is -0.336 e.